The first-order valence-electron chi connectivity index (χ1n) is 6.79. The first kappa shape index (κ1) is 15.0. The number of aryl methyl sites for hydroxylation is 1. The first-order chi connectivity index (χ1) is 11.0. The number of ether oxygens (including phenoxy) is 3. The molecule has 0 unspecified atom stereocenters. The van der Waals surface area contributed by atoms with Crippen LogP contribution in [0.2, 0.25) is 0 Å². The zero-order chi connectivity index (χ0) is 16.4. The van der Waals surface area contributed by atoms with E-state index in [-0.39, 0.29) is 31.5 Å². The first-order valence-corrected chi connectivity index (χ1v) is 6.79. The fourth-order valence-corrected chi connectivity index (χ4v) is 2.25. The van der Waals surface area contributed by atoms with Crippen LogP contribution in [0.3, 0.4) is 0 Å². The Morgan fingerprint density at radius 2 is 2.22 bits per heavy atom. The quantitative estimate of drug-likeness (QED) is 0.485. The maximum absolute atomic E-state index is 11.9. The van der Waals surface area contributed by atoms with Gasteiger partial charge in [-0.15, -0.1) is 0 Å². The van der Waals surface area contributed by atoms with Crippen LogP contribution in [0, 0.1) is 17.0 Å². The minimum absolute atomic E-state index is 0.0448. The molecule has 120 valence electrons. The highest BCUT2D eigenvalue weighted by Crippen LogP contribution is 2.33. The third-order valence-corrected chi connectivity index (χ3v) is 3.28. The zero-order valence-electron chi connectivity index (χ0n) is 12.2. The summed E-state index contributed by atoms with van der Waals surface area (Å²) in [4.78, 5) is 22.4. The smallest absolute Gasteiger partial charge is 0.374 e. The number of non-ortho nitro benzene ring substituents is 1. The second-order valence-electron chi connectivity index (χ2n) is 4.95. The van der Waals surface area contributed by atoms with Gasteiger partial charge < -0.3 is 18.6 Å². The highest BCUT2D eigenvalue weighted by Gasteiger charge is 2.22. The number of furan rings is 1. The summed E-state index contributed by atoms with van der Waals surface area (Å²) in [6.45, 7) is 1.79. The van der Waals surface area contributed by atoms with Gasteiger partial charge in [0, 0.05) is 23.3 Å². The van der Waals surface area contributed by atoms with Crippen molar-refractivity contribution in [1.29, 1.82) is 0 Å². The number of nitrogens with zero attached hydrogens (tertiary/aromatic N) is 1. The lowest BCUT2D eigenvalue weighted by atomic mass is 10.1. The summed E-state index contributed by atoms with van der Waals surface area (Å²) in [7, 11) is 0. The van der Waals surface area contributed by atoms with E-state index in [1.807, 2.05) is 0 Å². The highest BCUT2D eigenvalue weighted by atomic mass is 16.7. The van der Waals surface area contributed by atoms with E-state index in [4.69, 9.17) is 18.6 Å². The largest absolute Gasteiger partial charge is 0.467 e. The second-order valence-corrected chi connectivity index (χ2v) is 4.95. The summed E-state index contributed by atoms with van der Waals surface area (Å²) >= 11 is 0. The van der Waals surface area contributed by atoms with E-state index >= 15 is 0 Å². The van der Waals surface area contributed by atoms with Crippen LogP contribution in [0.1, 0.15) is 27.4 Å². The van der Waals surface area contributed by atoms with E-state index in [1.54, 1.807) is 13.0 Å². The molecule has 0 saturated heterocycles. The number of nitro benzene ring substituents is 1. The predicted molar refractivity (Wildman–Crippen MR) is 75.9 cm³/mol. The van der Waals surface area contributed by atoms with Crippen LogP contribution >= 0.6 is 0 Å². The molecular weight excluding hydrogens is 306 g/mol. The molecule has 0 bridgehead atoms. The average Bonchev–Trinajstić information content (AvgIpc) is 2.98. The molecule has 0 N–H and O–H groups in total. The topological polar surface area (TPSA) is 101 Å². The number of esters is 1. The molecule has 8 nitrogen and oxygen atoms in total. The normalized spacial score (nSPS) is 13.1. The Kier molecular flexibility index (Phi) is 3.98. The minimum atomic E-state index is -0.648. The van der Waals surface area contributed by atoms with Crippen molar-refractivity contribution in [3.8, 4) is 5.75 Å². The Bertz CT molecular complexity index is 765. The van der Waals surface area contributed by atoms with Gasteiger partial charge in [-0.2, -0.15) is 0 Å². The van der Waals surface area contributed by atoms with Gasteiger partial charge in [0.1, 0.15) is 18.1 Å². The third-order valence-electron chi connectivity index (χ3n) is 3.28. The Balaban J connectivity index is 1.82. The monoisotopic (exact) mass is 319 g/mol. The maximum Gasteiger partial charge on any atom is 0.374 e. The van der Waals surface area contributed by atoms with Crippen LogP contribution in [0.4, 0.5) is 5.69 Å². The summed E-state index contributed by atoms with van der Waals surface area (Å²) in [5.74, 6) is 0.465. The number of hydrogen-bond acceptors (Lipinski definition) is 7. The summed E-state index contributed by atoms with van der Waals surface area (Å²) in [5.41, 5.74) is 0.845. The number of hydrogen-bond donors (Lipinski definition) is 0. The molecule has 1 aliphatic rings. The van der Waals surface area contributed by atoms with Crippen LogP contribution < -0.4 is 4.74 Å². The molecule has 0 radical (unpaired) electrons. The molecule has 0 saturated carbocycles. The van der Waals surface area contributed by atoms with Crippen LogP contribution in [0.25, 0.3) is 0 Å². The van der Waals surface area contributed by atoms with E-state index < -0.39 is 10.9 Å². The molecule has 1 aromatic heterocycles. The van der Waals surface area contributed by atoms with Crippen molar-refractivity contribution in [3.05, 3.63) is 57.0 Å². The molecule has 0 atom stereocenters. The Morgan fingerprint density at radius 1 is 1.39 bits per heavy atom. The molecule has 8 heteroatoms. The lowest BCUT2D eigenvalue weighted by Gasteiger charge is -2.20. The van der Waals surface area contributed by atoms with Crippen LogP contribution in [-0.4, -0.2) is 17.7 Å². The van der Waals surface area contributed by atoms with Crippen molar-refractivity contribution in [2.45, 2.75) is 20.1 Å². The van der Waals surface area contributed by atoms with E-state index in [1.165, 1.54) is 18.2 Å². The zero-order valence-corrected chi connectivity index (χ0v) is 12.2. The molecular formula is C15H13NO7. The number of rotatable bonds is 4. The molecule has 0 aliphatic carbocycles. The molecule has 0 fully saturated rings. The van der Waals surface area contributed by atoms with Gasteiger partial charge in [-0.3, -0.25) is 10.1 Å². The predicted octanol–water partition coefficient (Wildman–Crippen LogP) is 2.72. The van der Waals surface area contributed by atoms with Crippen molar-refractivity contribution in [2.24, 2.45) is 0 Å². The van der Waals surface area contributed by atoms with Gasteiger partial charge in [-0.05, 0) is 19.1 Å². The van der Waals surface area contributed by atoms with E-state index in [0.717, 1.165) is 0 Å². The van der Waals surface area contributed by atoms with E-state index in [9.17, 15) is 14.9 Å². The van der Waals surface area contributed by atoms with E-state index in [0.29, 0.717) is 22.6 Å². The van der Waals surface area contributed by atoms with Gasteiger partial charge in [0.05, 0.1) is 11.5 Å². The Hall–Kier alpha value is -2.87. The standard InChI is InChI=1S/C15H13NO7/c1-9-2-3-13(23-9)15(17)21-7-11-5-12(16(18)19)4-10-6-20-8-22-14(10)11/h2-5H,6-8H2,1H3. The molecule has 2 heterocycles. The van der Waals surface area contributed by atoms with Gasteiger partial charge >= 0.3 is 5.97 Å². The fourth-order valence-electron chi connectivity index (χ4n) is 2.25. The van der Waals surface area contributed by atoms with Gasteiger partial charge in [-0.25, -0.2) is 4.79 Å². The van der Waals surface area contributed by atoms with Crippen LogP contribution in [0.15, 0.2) is 28.7 Å². The van der Waals surface area contributed by atoms with Gasteiger partial charge in [-0.1, -0.05) is 0 Å². The maximum atomic E-state index is 11.9. The lowest BCUT2D eigenvalue weighted by molar-refractivity contribution is -0.385. The van der Waals surface area contributed by atoms with Crippen molar-refractivity contribution >= 4 is 11.7 Å². The fraction of sp³-hybridized carbons (Fsp3) is 0.267. The minimum Gasteiger partial charge on any atom is -0.467 e. The summed E-state index contributed by atoms with van der Waals surface area (Å²) < 4.78 is 20.8. The molecule has 0 spiro atoms. The number of carbonyl (C=O) groups is 1. The Labute approximate surface area is 130 Å². The average molecular weight is 319 g/mol. The van der Waals surface area contributed by atoms with Crippen LogP contribution in [-0.2, 0) is 22.7 Å². The number of benzene rings is 1. The SMILES string of the molecule is Cc1ccc(C(=O)OCc2cc([N+](=O)[O-])cc3c2OCOC3)o1. The second kappa shape index (κ2) is 6.09. The van der Waals surface area contributed by atoms with Crippen LogP contribution in [0.5, 0.6) is 5.75 Å². The van der Waals surface area contributed by atoms with Gasteiger partial charge in [0.15, 0.2) is 6.79 Å². The molecule has 1 aromatic carbocycles. The van der Waals surface area contributed by atoms with Gasteiger partial charge in [0.2, 0.25) is 5.76 Å². The number of nitro groups is 1. The molecule has 1 aliphatic heterocycles. The van der Waals surface area contributed by atoms with Crippen molar-refractivity contribution in [2.75, 3.05) is 6.79 Å². The van der Waals surface area contributed by atoms with Crippen molar-refractivity contribution < 1.29 is 28.3 Å². The highest BCUT2D eigenvalue weighted by molar-refractivity contribution is 5.86. The molecule has 0 amide bonds. The molecule has 2 aromatic rings. The molecule has 23 heavy (non-hydrogen) atoms. The van der Waals surface area contributed by atoms with E-state index in [2.05, 4.69) is 0 Å². The lowest BCUT2D eigenvalue weighted by Crippen LogP contribution is -2.15. The van der Waals surface area contributed by atoms with Gasteiger partial charge in [0.25, 0.3) is 5.69 Å². The Morgan fingerprint density at radius 3 is 2.91 bits per heavy atom. The summed E-state index contributed by atoms with van der Waals surface area (Å²) in [5, 5.41) is 11.0. The van der Waals surface area contributed by atoms with Crippen molar-refractivity contribution in [1.82, 2.24) is 0 Å². The van der Waals surface area contributed by atoms with Crippen molar-refractivity contribution in [3.63, 3.8) is 0 Å². The number of fused-ring (bicyclic) bond motifs is 1. The summed E-state index contributed by atoms with van der Waals surface area (Å²) in [6.07, 6.45) is 0. The summed E-state index contributed by atoms with van der Waals surface area (Å²) in [6, 6.07) is 5.86. The molecule has 3 rings (SSSR count). The third kappa shape index (κ3) is 3.16. The number of carbonyl (C=O) groups excluding carboxylic acids is 1.